The highest BCUT2D eigenvalue weighted by atomic mass is 35.5. The van der Waals surface area contributed by atoms with E-state index < -0.39 is 15.3 Å². The summed E-state index contributed by atoms with van der Waals surface area (Å²) in [5.41, 5.74) is 0. The van der Waals surface area contributed by atoms with E-state index in [0.29, 0.717) is 0 Å². The minimum absolute atomic E-state index is 0.129. The van der Waals surface area contributed by atoms with Crippen LogP contribution in [0.2, 0.25) is 0 Å². The topological polar surface area (TPSA) is 41.5 Å². The molecule has 1 heterocycles. The van der Waals surface area contributed by atoms with Crippen molar-refractivity contribution >= 4 is 50.8 Å². The van der Waals surface area contributed by atoms with E-state index in [4.69, 9.17) is 34.8 Å². The van der Waals surface area contributed by atoms with Crippen LogP contribution < -0.4 is 5.32 Å². The lowest BCUT2D eigenvalue weighted by Gasteiger charge is -2.24. The number of nitrogens with one attached hydrogen (secondary N) is 1. The summed E-state index contributed by atoms with van der Waals surface area (Å²) in [6.45, 7) is 0. The number of nitrogens with zero attached hydrogens (tertiary/aromatic N) is 1. The third-order valence-corrected chi connectivity index (χ3v) is 3.33. The van der Waals surface area contributed by atoms with Gasteiger partial charge in [-0.2, -0.15) is 0 Å². The zero-order chi connectivity index (χ0) is 9.35. The van der Waals surface area contributed by atoms with Crippen LogP contribution in [0.25, 0.3) is 0 Å². The van der Waals surface area contributed by atoms with Crippen LogP contribution in [0.15, 0.2) is 16.2 Å². The van der Waals surface area contributed by atoms with E-state index in [9.17, 15) is 4.21 Å². The van der Waals surface area contributed by atoms with Gasteiger partial charge in [-0.05, 0) is 0 Å². The van der Waals surface area contributed by atoms with Crippen LogP contribution in [0.4, 0.5) is 0 Å². The maximum Gasteiger partial charge on any atom is 0.286 e. The lowest BCUT2D eigenvalue weighted by atomic mass is 10.6. The zero-order valence-electron chi connectivity index (χ0n) is 5.97. The van der Waals surface area contributed by atoms with Crippen molar-refractivity contribution in [2.45, 2.75) is 4.45 Å². The Morgan fingerprint density at radius 3 is 2.67 bits per heavy atom. The molecule has 1 aliphatic rings. The van der Waals surface area contributed by atoms with Crippen molar-refractivity contribution in [1.29, 1.82) is 0 Å². The van der Waals surface area contributed by atoms with Gasteiger partial charge in [0.1, 0.15) is 10.3 Å². The van der Waals surface area contributed by atoms with Crippen LogP contribution in [0.5, 0.6) is 0 Å². The van der Waals surface area contributed by atoms with Gasteiger partial charge >= 0.3 is 0 Å². The summed E-state index contributed by atoms with van der Waals surface area (Å²) >= 11 is 17.0. The minimum atomic E-state index is -1.43. The van der Waals surface area contributed by atoms with Crippen molar-refractivity contribution in [3.8, 4) is 0 Å². The molecule has 0 spiro atoms. The number of allylic oxidation sites excluding steroid dienone is 1. The standard InChI is InChI=1S/C5H5Cl3N2OS/c1-12(11)5(8)9-3(6)2-4(7)10-5/h2,9H,1H3. The molecule has 1 rings (SSSR count). The Balaban J connectivity index is 3.00. The van der Waals surface area contributed by atoms with Gasteiger partial charge in [0.2, 0.25) is 0 Å². The van der Waals surface area contributed by atoms with E-state index in [-0.39, 0.29) is 10.3 Å². The summed E-state index contributed by atoms with van der Waals surface area (Å²) < 4.78 is 9.65. The number of hydrogen-bond acceptors (Lipinski definition) is 3. The van der Waals surface area contributed by atoms with E-state index in [0.717, 1.165) is 0 Å². The van der Waals surface area contributed by atoms with Crippen molar-refractivity contribution in [2.24, 2.45) is 4.99 Å². The van der Waals surface area contributed by atoms with Gasteiger partial charge in [0.25, 0.3) is 4.45 Å². The fraction of sp³-hybridized carbons (Fsp3) is 0.400. The van der Waals surface area contributed by atoms with E-state index in [1.165, 1.54) is 12.3 Å². The van der Waals surface area contributed by atoms with Gasteiger partial charge in [0, 0.05) is 12.3 Å². The van der Waals surface area contributed by atoms with Gasteiger partial charge in [-0.25, -0.2) is 4.99 Å². The maximum atomic E-state index is 11.1. The Morgan fingerprint density at radius 2 is 2.25 bits per heavy atom. The van der Waals surface area contributed by atoms with Gasteiger partial charge < -0.3 is 5.32 Å². The Morgan fingerprint density at radius 1 is 1.67 bits per heavy atom. The molecular weight excluding hydrogens is 242 g/mol. The van der Waals surface area contributed by atoms with Crippen molar-refractivity contribution in [3.05, 3.63) is 11.2 Å². The lowest BCUT2D eigenvalue weighted by Crippen LogP contribution is -2.42. The molecule has 3 nitrogen and oxygen atoms in total. The molecule has 0 saturated heterocycles. The molecule has 1 aliphatic heterocycles. The predicted molar refractivity (Wildman–Crippen MR) is 53.0 cm³/mol. The average Bonchev–Trinajstić information content (AvgIpc) is 1.82. The van der Waals surface area contributed by atoms with Crippen LogP contribution in [0, 0.1) is 0 Å². The summed E-state index contributed by atoms with van der Waals surface area (Å²) in [4.78, 5) is 3.74. The van der Waals surface area contributed by atoms with Crippen LogP contribution in [-0.2, 0) is 10.8 Å². The zero-order valence-corrected chi connectivity index (χ0v) is 9.06. The fourth-order valence-electron chi connectivity index (χ4n) is 0.622. The molecule has 2 atom stereocenters. The summed E-state index contributed by atoms with van der Waals surface area (Å²) in [7, 11) is -1.40. The molecule has 68 valence electrons. The largest absolute Gasteiger partial charge is 0.328 e. The second-order valence-electron chi connectivity index (χ2n) is 2.07. The SMILES string of the molecule is CS(=O)C1(Cl)N=C(Cl)C=C(Cl)N1. The minimum Gasteiger partial charge on any atom is -0.328 e. The smallest absolute Gasteiger partial charge is 0.286 e. The molecule has 2 unspecified atom stereocenters. The van der Waals surface area contributed by atoms with Crippen LogP contribution in [-0.4, -0.2) is 20.1 Å². The lowest BCUT2D eigenvalue weighted by molar-refractivity contribution is 0.642. The predicted octanol–water partition coefficient (Wildman–Crippen LogP) is 1.54. The second-order valence-corrected chi connectivity index (χ2v) is 5.13. The second kappa shape index (κ2) is 3.54. The molecule has 0 aromatic rings. The molecule has 0 fully saturated rings. The van der Waals surface area contributed by atoms with Crippen molar-refractivity contribution in [1.82, 2.24) is 5.32 Å². The Hall–Kier alpha value is 0.230. The Bertz CT molecular complexity index is 290. The number of aliphatic imine (C=N–C) groups is 1. The molecule has 1 N–H and O–H groups in total. The molecule has 0 saturated carbocycles. The Labute approximate surface area is 87.2 Å². The molecule has 0 aromatic heterocycles. The Kier molecular flexibility index (Phi) is 3.04. The first-order chi connectivity index (χ1) is 5.44. The summed E-state index contributed by atoms with van der Waals surface area (Å²) in [5.74, 6) is 0. The number of halogens is 3. The first-order valence-electron chi connectivity index (χ1n) is 2.87. The van der Waals surface area contributed by atoms with E-state index in [1.807, 2.05) is 0 Å². The van der Waals surface area contributed by atoms with Crippen molar-refractivity contribution in [2.75, 3.05) is 6.26 Å². The number of alkyl halides is 1. The summed E-state index contributed by atoms with van der Waals surface area (Å²) in [6.07, 6.45) is 2.79. The van der Waals surface area contributed by atoms with Gasteiger partial charge in [-0.1, -0.05) is 34.8 Å². The van der Waals surface area contributed by atoms with Crippen molar-refractivity contribution in [3.63, 3.8) is 0 Å². The van der Waals surface area contributed by atoms with Gasteiger partial charge in [-0.3, -0.25) is 4.21 Å². The summed E-state index contributed by atoms with van der Waals surface area (Å²) in [6, 6.07) is 0. The first-order valence-corrected chi connectivity index (χ1v) is 5.56. The number of hydrogen-bond donors (Lipinski definition) is 1. The quantitative estimate of drug-likeness (QED) is 0.564. The van der Waals surface area contributed by atoms with E-state index in [2.05, 4.69) is 10.3 Å². The summed E-state index contributed by atoms with van der Waals surface area (Å²) in [5, 5.41) is 2.89. The molecular formula is C5H5Cl3N2OS. The van der Waals surface area contributed by atoms with Gasteiger partial charge in [0.15, 0.2) is 0 Å². The molecule has 0 aromatic carbocycles. The molecule has 0 aliphatic carbocycles. The highest BCUT2D eigenvalue weighted by molar-refractivity contribution is 7.87. The molecule has 7 heteroatoms. The molecule has 0 amide bonds. The fourth-order valence-corrected chi connectivity index (χ4v) is 2.02. The first kappa shape index (κ1) is 10.3. The number of rotatable bonds is 1. The third kappa shape index (κ3) is 2.13. The average molecular weight is 248 g/mol. The van der Waals surface area contributed by atoms with Crippen molar-refractivity contribution < 1.29 is 4.21 Å². The van der Waals surface area contributed by atoms with Gasteiger partial charge in [0.05, 0.1) is 10.8 Å². The maximum absolute atomic E-state index is 11.1. The van der Waals surface area contributed by atoms with Crippen LogP contribution in [0.1, 0.15) is 0 Å². The van der Waals surface area contributed by atoms with E-state index >= 15 is 0 Å². The highest BCUT2D eigenvalue weighted by Gasteiger charge is 2.34. The van der Waals surface area contributed by atoms with Crippen LogP contribution in [0.3, 0.4) is 0 Å². The van der Waals surface area contributed by atoms with Gasteiger partial charge in [-0.15, -0.1) is 0 Å². The molecule has 12 heavy (non-hydrogen) atoms. The molecule has 0 bridgehead atoms. The normalized spacial score (nSPS) is 31.7. The monoisotopic (exact) mass is 246 g/mol. The van der Waals surface area contributed by atoms with Crippen LogP contribution >= 0.6 is 34.8 Å². The van der Waals surface area contributed by atoms with E-state index in [1.54, 1.807) is 0 Å². The third-order valence-electron chi connectivity index (χ3n) is 1.15. The highest BCUT2D eigenvalue weighted by Crippen LogP contribution is 2.24. The molecule has 0 radical (unpaired) electrons.